The highest BCUT2D eigenvalue weighted by atomic mass is 35.5. The first kappa shape index (κ1) is 23.8. The number of anilines is 1. The normalized spacial score (nSPS) is 21.7. The smallest absolute Gasteiger partial charge is 0.252 e. The molecule has 2 aliphatic heterocycles. The van der Waals surface area contributed by atoms with Gasteiger partial charge in [0.25, 0.3) is 5.56 Å². The van der Waals surface area contributed by atoms with E-state index < -0.39 is 0 Å². The summed E-state index contributed by atoms with van der Waals surface area (Å²) in [5.74, 6) is 0.714. The van der Waals surface area contributed by atoms with E-state index in [1.54, 1.807) is 6.07 Å². The average molecular weight is 485 g/mol. The lowest BCUT2D eigenvalue weighted by molar-refractivity contribution is 0.0749. The number of rotatable bonds is 6. The van der Waals surface area contributed by atoms with Crippen molar-refractivity contribution in [2.75, 3.05) is 57.3 Å². The maximum Gasteiger partial charge on any atom is 0.252 e. The molecule has 184 valence electrons. The number of hydrogen-bond donors (Lipinski definition) is 1. The predicted molar refractivity (Wildman–Crippen MR) is 138 cm³/mol. The van der Waals surface area contributed by atoms with Crippen molar-refractivity contribution in [3.63, 3.8) is 0 Å². The summed E-state index contributed by atoms with van der Waals surface area (Å²) in [7, 11) is 0. The van der Waals surface area contributed by atoms with E-state index in [4.69, 9.17) is 16.6 Å². The molecule has 3 aliphatic rings. The molecule has 5 rings (SSSR count). The van der Waals surface area contributed by atoms with E-state index in [0.717, 1.165) is 82.2 Å². The van der Waals surface area contributed by atoms with Crippen LogP contribution in [0.5, 0.6) is 0 Å². The molecule has 3 fully saturated rings. The van der Waals surface area contributed by atoms with Crippen LogP contribution in [0.3, 0.4) is 0 Å². The highest BCUT2D eigenvalue weighted by Gasteiger charge is 2.26. The van der Waals surface area contributed by atoms with Crippen LogP contribution in [0.1, 0.15) is 43.4 Å². The van der Waals surface area contributed by atoms with Crippen molar-refractivity contribution in [1.82, 2.24) is 24.7 Å². The molecule has 1 aromatic carbocycles. The average Bonchev–Trinajstić information content (AvgIpc) is 2.85. The van der Waals surface area contributed by atoms with E-state index >= 15 is 0 Å². The number of aromatic amines is 1. The Balaban J connectivity index is 1.13. The summed E-state index contributed by atoms with van der Waals surface area (Å²) in [6, 6.07) is 10.5. The SMILES string of the molecule is O=c1cc(CN2CCN(C3CCCCC3)CC2)nc(N2CCN(Cc3cccc(Cl)c3)CC2)[nH]1. The van der Waals surface area contributed by atoms with Crippen LogP contribution in [0.25, 0.3) is 0 Å². The summed E-state index contributed by atoms with van der Waals surface area (Å²) < 4.78 is 0. The molecule has 0 amide bonds. The van der Waals surface area contributed by atoms with E-state index in [0.29, 0.717) is 5.95 Å². The minimum atomic E-state index is -0.0535. The topological polar surface area (TPSA) is 58.7 Å². The van der Waals surface area contributed by atoms with Crippen molar-refractivity contribution in [3.8, 4) is 0 Å². The van der Waals surface area contributed by atoms with Crippen LogP contribution in [0.2, 0.25) is 5.02 Å². The van der Waals surface area contributed by atoms with Crippen molar-refractivity contribution < 1.29 is 0 Å². The van der Waals surface area contributed by atoms with Gasteiger partial charge in [0.1, 0.15) is 0 Å². The van der Waals surface area contributed by atoms with Gasteiger partial charge in [-0.15, -0.1) is 0 Å². The molecule has 1 aliphatic carbocycles. The predicted octanol–water partition coefficient (Wildman–Crippen LogP) is 3.20. The molecule has 34 heavy (non-hydrogen) atoms. The molecule has 3 heterocycles. The number of halogens is 1. The van der Waals surface area contributed by atoms with Gasteiger partial charge in [0.15, 0.2) is 0 Å². The number of piperazine rings is 2. The molecule has 1 N–H and O–H groups in total. The van der Waals surface area contributed by atoms with Gasteiger partial charge in [-0.1, -0.05) is 43.0 Å². The Morgan fingerprint density at radius 3 is 2.32 bits per heavy atom. The summed E-state index contributed by atoms with van der Waals surface area (Å²) in [5, 5.41) is 0.783. The zero-order valence-corrected chi connectivity index (χ0v) is 20.8. The van der Waals surface area contributed by atoms with Gasteiger partial charge in [0, 0.05) is 82.6 Å². The Bertz CT molecular complexity index is 991. The molecule has 0 spiro atoms. The third-order valence-corrected chi connectivity index (χ3v) is 7.87. The Morgan fingerprint density at radius 1 is 0.882 bits per heavy atom. The molecule has 2 aromatic rings. The number of hydrogen-bond acceptors (Lipinski definition) is 6. The maximum atomic E-state index is 12.4. The lowest BCUT2D eigenvalue weighted by Crippen LogP contribution is -2.50. The lowest BCUT2D eigenvalue weighted by Gasteiger charge is -2.40. The minimum Gasteiger partial charge on any atom is -0.340 e. The van der Waals surface area contributed by atoms with Crippen molar-refractivity contribution in [2.24, 2.45) is 0 Å². The van der Waals surface area contributed by atoms with Crippen LogP contribution >= 0.6 is 11.6 Å². The van der Waals surface area contributed by atoms with Gasteiger partial charge in [-0.2, -0.15) is 0 Å². The van der Waals surface area contributed by atoms with E-state index in [2.05, 4.69) is 30.6 Å². The summed E-state index contributed by atoms with van der Waals surface area (Å²) in [4.78, 5) is 30.0. The third-order valence-electron chi connectivity index (χ3n) is 7.63. The van der Waals surface area contributed by atoms with Gasteiger partial charge in [-0.05, 0) is 30.5 Å². The molecular formula is C26H37ClN6O. The standard InChI is InChI=1S/C26H37ClN6O/c27-22-6-4-5-21(17-22)19-30-11-15-33(16-12-30)26-28-23(18-25(34)29-26)20-31-9-13-32(14-10-31)24-7-2-1-3-8-24/h4-6,17-18,24H,1-3,7-16,19-20H2,(H,28,29,34). The highest BCUT2D eigenvalue weighted by molar-refractivity contribution is 6.30. The summed E-state index contributed by atoms with van der Waals surface area (Å²) in [5.41, 5.74) is 2.06. The first-order chi connectivity index (χ1) is 16.6. The molecule has 0 bridgehead atoms. The van der Waals surface area contributed by atoms with Crippen LogP contribution in [0, 0.1) is 0 Å². The van der Waals surface area contributed by atoms with Crippen molar-refractivity contribution in [1.29, 1.82) is 0 Å². The van der Waals surface area contributed by atoms with Crippen LogP contribution in [-0.2, 0) is 13.1 Å². The number of nitrogens with one attached hydrogen (secondary N) is 1. The summed E-state index contributed by atoms with van der Waals surface area (Å²) in [6.45, 7) is 9.61. The second kappa shape index (κ2) is 11.2. The molecule has 0 radical (unpaired) electrons. The van der Waals surface area contributed by atoms with Crippen LogP contribution in [0.4, 0.5) is 5.95 Å². The fraction of sp³-hybridized carbons (Fsp3) is 0.615. The quantitative estimate of drug-likeness (QED) is 0.679. The van der Waals surface area contributed by atoms with E-state index in [9.17, 15) is 4.79 Å². The van der Waals surface area contributed by atoms with Gasteiger partial charge >= 0.3 is 0 Å². The second-order valence-electron chi connectivity index (χ2n) is 10.1. The Morgan fingerprint density at radius 2 is 1.59 bits per heavy atom. The van der Waals surface area contributed by atoms with E-state index in [-0.39, 0.29) is 5.56 Å². The number of aromatic nitrogens is 2. The molecular weight excluding hydrogens is 448 g/mol. The maximum absolute atomic E-state index is 12.4. The lowest BCUT2D eigenvalue weighted by atomic mass is 9.94. The van der Waals surface area contributed by atoms with Crippen molar-refractivity contribution in [3.05, 3.63) is 57.0 Å². The largest absolute Gasteiger partial charge is 0.340 e. The Kier molecular flexibility index (Phi) is 7.84. The molecule has 8 heteroatoms. The molecule has 2 saturated heterocycles. The first-order valence-corrected chi connectivity index (χ1v) is 13.3. The molecule has 0 unspecified atom stereocenters. The van der Waals surface area contributed by atoms with Crippen LogP contribution < -0.4 is 10.5 Å². The summed E-state index contributed by atoms with van der Waals surface area (Å²) >= 11 is 6.13. The fourth-order valence-electron chi connectivity index (χ4n) is 5.70. The molecule has 1 aromatic heterocycles. The van der Waals surface area contributed by atoms with Gasteiger partial charge in [-0.25, -0.2) is 4.98 Å². The number of H-pyrrole nitrogens is 1. The highest BCUT2D eigenvalue weighted by Crippen LogP contribution is 2.24. The van der Waals surface area contributed by atoms with E-state index in [1.807, 2.05) is 18.2 Å². The number of benzene rings is 1. The fourth-order valence-corrected chi connectivity index (χ4v) is 5.91. The van der Waals surface area contributed by atoms with Crippen LogP contribution in [0.15, 0.2) is 35.1 Å². The van der Waals surface area contributed by atoms with Crippen LogP contribution in [-0.4, -0.2) is 83.1 Å². The zero-order valence-electron chi connectivity index (χ0n) is 20.1. The van der Waals surface area contributed by atoms with Gasteiger partial charge in [0.05, 0.1) is 5.69 Å². The Hall–Kier alpha value is -1.93. The Labute approximate surface area is 207 Å². The minimum absolute atomic E-state index is 0.0535. The van der Waals surface area contributed by atoms with Gasteiger partial charge in [0.2, 0.25) is 5.95 Å². The van der Waals surface area contributed by atoms with Gasteiger partial charge in [-0.3, -0.25) is 24.5 Å². The second-order valence-corrected chi connectivity index (χ2v) is 10.5. The van der Waals surface area contributed by atoms with Gasteiger partial charge < -0.3 is 4.90 Å². The van der Waals surface area contributed by atoms with E-state index in [1.165, 1.54) is 37.7 Å². The number of nitrogens with zero attached hydrogens (tertiary/aromatic N) is 5. The monoisotopic (exact) mass is 484 g/mol. The zero-order chi connectivity index (χ0) is 23.3. The molecule has 7 nitrogen and oxygen atoms in total. The molecule has 1 saturated carbocycles. The van der Waals surface area contributed by atoms with Crippen molar-refractivity contribution >= 4 is 17.5 Å². The third kappa shape index (κ3) is 6.19. The van der Waals surface area contributed by atoms with Crippen molar-refractivity contribution in [2.45, 2.75) is 51.2 Å². The molecule has 0 atom stereocenters. The summed E-state index contributed by atoms with van der Waals surface area (Å²) in [6.07, 6.45) is 6.92. The first-order valence-electron chi connectivity index (χ1n) is 12.9.